The summed E-state index contributed by atoms with van der Waals surface area (Å²) in [6, 6.07) is 26.7. The van der Waals surface area contributed by atoms with Crippen LogP contribution in [0, 0.1) is 10.1 Å². The lowest BCUT2D eigenvalue weighted by Crippen LogP contribution is -1.93. The molecule has 5 aromatic carbocycles. The first kappa shape index (κ1) is 18.6. The topological polar surface area (TPSA) is 83.6 Å². The van der Waals surface area contributed by atoms with Gasteiger partial charge in [0.2, 0.25) is 0 Å². The van der Waals surface area contributed by atoms with Gasteiger partial charge in [-0.25, -0.2) is 0 Å². The molecule has 5 heteroatoms. The average Bonchev–Trinajstić information content (AvgIpc) is 2.79. The molecule has 0 unspecified atom stereocenters. The Morgan fingerprint density at radius 2 is 1.39 bits per heavy atom. The molecular formula is C26H17NO4. The summed E-state index contributed by atoms with van der Waals surface area (Å²) in [4.78, 5) is 11.1. The largest absolute Gasteiger partial charge is 0.507 e. The van der Waals surface area contributed by atoms with Gasteiger partial charge in [-0.3, -0.25) is 10.1 Å². The minimum absolute atomic E-state index is 0.0132. The summed E-state index contributed by atoms with van der Waals surface area (Å²) in [6.07, 6.45) is 0. The summed E-state index contributed by atoms with van der Waals surface area (Å²) in [5.41, 5.74) is 2.21. The minimum atomic E-state index is -0.443. The van der Waals surface area contributed by atoms with Crippen molar-refractivity contribution >= 4 is 27.2 Å². The van der Waals surface area contributed by atoms with Crippen LogP contribution in [-0.4, -0.2) is 15.1 Å². The Kier molecular flexibility index (Phi) is 4.30. The molecule has 5 nitrogen and oxygen atoms in total. The number of phenols is 2. The normalized spacial score (nSPS) is 11.1. The molecule has 0 radical (unpaired) electrons. The van der Waals surface area contributed by atoms with E-state index in [9.17, 15) is 20.3 Å². The number of benzene rings is 5. The Balaban J connectivity index is 1.96. The highest BCUT2D eigenvalue weighted by Gasteiger charge is 2.22. The third-order valence-electron chi connectivity index (χ3n) is 5.57. The number of nitrogens with zero attached hydrogens (tertiary/aromatic N) is 1. The number of phenolic OH excluding ortho intramolecular Hbond substituents is 2. The highest BCUT2D eigenvalue weighted by atomic mass is 16.6. The van der Waals surface area contributed by atoms with Gasteiger partial charge in [0.15, 0.2) is 0 Å². The molecule has 0 bridgehead atoms. The highest BCUT2D eigenvalue weighted by molar-refractivity contribution is 6.13. The predicted octanol–water partition coefficient (Wildman–Crippen LogP) is 6.65. The van der Waals surface area contributed by atoms with Gasteiger partial charge in [0.1, 0.15) is 11.5 Å². The monoisotopic (exact) mass is 407 g/mol. The first-order valence-electron chi connectivity index (χ1n) is 9.76. The fourth-order valence-corrected chi connectivity index (χ4v) is 4.18. The lowest BCUT2D eigenvalue weighted by molar-refractivity contribution is -0.383. The molecule has 0 amide bonds. The molecule has 0 spiro atoms. The molecule has 0 aliphatic heterocycles. The van der Waals surface area contributed by atoms with Crippen molar-refractivity contribution < 1.29 is 15.1 Å². The van der Waals surface area contributed by atoms with Crippen LogP contribution in [-0.2, 0) is 0 Å². The van der Waals surface area contributed by atoms with E-state index in [1.807, 2.05) is 60.7 Å². The van der Waals surface area contributed by atoms with Gasteiger partial charge in [0, 0.05) is 28.1 Å². The number of nitro benzene ring substituents is 1. The molecule has 5 rings (SSSR count). The second-order valence-corrected chi connectivity index (χ2v) is 7.32. The van der Waals surface area contributed by atoms with E-state index >= 15 is 0 Å². The van der Waals surface area contributed by atoms with E-state index in [-0.39, 0.29) is 17.2 Å². The fraction of sp³-hybridized carbons (Fsp3) is 0. The van der Waals surface area contributed by atoms with E-state index in [0.29, 0.717) is 27.5 Å². The van der Waals surface area contributed by atoms with Crippen LogP contribution in [0.15, 0.2) is 91.0 Å². The number of hydrogen-bond donors (Lipinski definition) is 2. The highest BCUT2D eigenvalue weighted by Crippen LogP contribution is 2.49. The summed E-state index contributed by atoms with van der Waals surface area (Å²) in [7, 11) is 0. The SMILES string of the molecule is O=[N+]([O-])c1cccc2c(-c3c(O)c(-c4ccccc4)cc4ccccc34)c(O)ccc12. The molecule has 0 aliphatic rings. The van der Waals surface area contributed by atoms with Crippen LogP contribution in [0.4, 0.5) is 5.69 Å². The van der Waals surface area contributed by atoms with E-state index in [0.717, 1.165) is 16.3 Å². The molecule has 0 saturated carbocycles. The van der Waals surface area contributed by atoms with Crippen molar-refractivity contribution in [2.75, 3.05) is 0 Å². The van der Waals surface area contributed by atoms with E-state index < -0.39 is 4.92 Å². The van der Waals surface area contributed by atoms with Crippen LogP contribution in [0.2, 0.25) is 0 Å². The number of nitro groups is 1. The number of hydrogen-bond acceptors (Lipinski definition) is 4. The van der Waals surface area contributed by atoms with Crippen molar-refractivity contribution in [3.8, 4) is 33.8 Å². The summed E-state index contributed by atoms with van der Waals surface area (Å²) < 4.78 is 0. The Bertz CT molecular complexity index is 1480. The van der Waals surface area contributed by atoms with Gasteiger partial charge >= 0.3 is 0 Å². The molecule has 0 aliphatic carbocycles. The summed E-state index contributed by atoms with van der Waals surface area (Å²) >= 11 is 0. The average molecular weight is 407 g/mol. The smallest absolute Gasteiger partial charge is 0.277 e. The van der Waals surface area contributed by atoms with Gasteiger partial charge in [-0.15, -0.1) is 0 Å². The summed E-state index contributed by atoms with van der Waals surface area (Å²) in [5.74, 6) is -0.0436. The van der Waals surface area contributed by atoms with Crippen molar-refractivity contribution in [3.05, 3.63) is 101 Å². The van der Waals surface area contributed by atoms with Gasteiger partial charge in [-0.05, 0) is 34.5 Å². The third kappa shape index (κ3) is 2.95. The van der Waals surface area contributed by atoms with Crippen LogP contribution < -0.4 is 0 Å². The third-order valence-corrected chi connectivity index (χ3v) is 5.57. The molecule has 0 saturated heterocycles. The minimum Gasteiger partial charge on any atom is -0.507 e. The van der Waals surface area contributed by atoms with E-state index in [2.05, 4.69) is 0 Å². The Morgan fingerprint density at radius 3 is 2.16 bits per heavy atom. The maximum absolute atomic E-state index is 11.6. The molecule has 0 fully saturated rings. The zero-order valence-corrected chi connectivity index (χ0v) is 16.3. The van der Waals surface area contributed by atoms with Gasteiger partial charge in [0.25, 0.3) is 5.69 Å². The zero-order chi connectivity index (χ0) is 21.5. The van der Waals surface area contributed by atoms with Crippen molar-refractivity contribution in [1.29, 1.82) is 0 Å². The first-order chi connectivity index (χ1) is 15.1. The molecule has 0 heterocycles. The fourth-order valence-electron chi connectivity index (χ4n) is 4.18. The number of fused-ring (bicyclic) bond motifs is 2. The number of non-ortho nitro benzene ring substituents is 1. The van der Waals surface area contributed by atoms with E-state index in [1.54, 1.807) is 12.1 Å². The Morgan fingerprint density at radius 1 is 0.677 bits per heavy atom. The second-order valence-electron chi connectivity index (χ2n) is 7.32. The van der Waals surface area contributed by atoms with Gasteiger partial charge in [-0.2, -0.15) is 0 Å². The summed E-state index contributed by atoms with van der Waals surface area (Å²) in [6.45, 7) is 0. The van der Waals surface area contributed by atoms with E-state index in [1.165, 1.54) is 18.2 Å². The van der Waals surface area contributed by atoms with Crippen molar-refractivity contribution in [2.24, 2.45) is 0 Å². The molecule has 31 heavy (non-hydrogen) atoms. The molecule has 2 N–H and O–H groups in total. The molecular weight excluding hydrogens is 390 g/mol. The first-order valence-corrected chi connectivity index (χ1v) is 9.76. The van der Waals surface area contributed by atoms with Gasteiger partial charge in [0.05, 0.1) is 10.3 Å². The lowest BCUT2D eigenvalue weighted by Gasteiger charge is -2.17. The number of aromatic hydroxyl groups is 2. The van der Waals surface area contributed by atoms with Crippen LogP contribution >= 0.6 is 0 Å². The van der Waals surface area contributed by atoms with Crippen molar-refractivity contribution in [2.45, 2.75) is 0 Å². The predicted molar refractivity (Wildman–Crippen MR) is 122 cm³/mol. The van der Waals surface area contributed by atoms with Crippen molar-refractivity contribution in [1.82, 2.24) is 0 Å². The summed E-state index contributed by atoms with van der Waals surface area (Å²) in [5, 5.41) is 36.4. The molecule has 150 valence electrons. The van der Waals surface area contributed by atoms with Crippen LogP contribution in [0.25, 0.3) is 43.8 Å². The molecule has 0 atom stereocenters. The second kappa shape index (κ2) is 7.15. The van der Waals surface area contributed by atoms with Crippen LogP contribution in [0.3, 0.4) is 0 Å². The maximum atomic E-state index is 11.6. The van der Waals surface area contributed by atoms with Gasteiger partial charge < -0.3 is 10.2 Å². The van der Waals surface area contributed by atoms with E-state index in [4.69, 9.17) is 0 Å². The molecule has 5 aromatic rings. The maximum Gasteiger partial charge on any atom is 0.277 e. The van der Waals surface area contributed by atoms with Crippen molar-refractivity contribution in [3.63, 3.8) is 0 Å². The quantitative estimate of drug-likeness (QED) is 0.259. The Hall–Kier alpha value is -4.38. The molecule has 0 aromatic heterocycles. The lowest BCUT2D eigenvalue weighted by atomic mass is 9.88. The van der Waals surface area contributed by atoms with Gasteiger partial charge in [-0.1, -0.05) is 66.7 Å². The van der Waals surface area contributed by atoms with Crippen LogP contribution in [0.5, 0.6) is 11.5 Å². The zero-order valence-electron chi connectivity index (χ0n) is 16.3. The number of rotatable bonds is 3. The van der Waals surface area contributed by atoms with Crippen LogP contribution in [0.1, 0.15) is 0 Å². The Labute approximate surface area is 177 Å². The standard InChI is InChI=1S/C26H17NO4/c28-23-14-13-19-20(11-6-12-22(19)27(30)31)24(23)25-18-10-5-4-9-17(18)15-21(26(25)29)16-7-2-1-3-8-16/h1-15,28-29H.